The molecular formula is C15H21F2N. The van der Waals surface area contributed by atoms with E-state index in [4.69, 9.17) is 0 Å². The molecule has 0 amide bonds. The van der Waals surface area contributed by atoms with Gasteiger partial charge in [0.15, 0.2) is 11.6 Å². The summed E-state index contributed by atoms with van der Waals surface area (Å²) in [5, 5.41) is 3.43. The van der Waals surface area contributed by atoms with Gasteiger partial charge in [-0.2, -0.15) is 0 Å². The predicted octanol–water partition coefficient (Wildman–Crippen LogP) is 3.85. The molecule has 0 radical (unpaired) electrons. The number of hydrogen-bond acceptors (Lipinski definition) is 1. The van der Waals surface area contributed by atoms with E-state index < -0.39 is 11.6 Å². The first-order valence-corrected chi connectivity index (χ1v) is 6.88. The monoisotopic (exact) mass is 253 g/mol. The van der Waals surface area contributed by atoms with Crippen LogP contribution in [0.25, 0.3) is 0 Å². The number of rotatable bonds is 5. The molecule has 0 spiro atoms. The molecule has 2 atom stereocenters. The first-order chi connectivity index (χ1) is 8.72. The third-order valence-corrected chi connectivity index (χ3v) is 3.86. The zero-order valence-electron chi connectivity index (χ0n) is 10.9. The lowest BCUT2D eigenvalue weighted by Crippen LogP contribution is -2.25. The molecule has 1 N–H and O–H groups in total. The molecule has 1 aromatic carbocycles. The summed E-state index contributed by atoms with van der Waals surface area (Å²) in [5.74, 6) is -0.539. The molecular weight excluding hydrogens is 232 g/mol. The van der Waals surface area contributed by atoms with Crippen LogP contribution in [0.4, 0.5) is 8.78 Å². The van der Waals surface area contributed by atoms with Crippen molar-refractivity contribution < 1.29 is 8.78 Å². The molecule has 1 aliphatic carbocycles. The van der Waals surface area contributed by atoms with Gasteiger partial charge >= 0.3 is 0 Å². The van der Waals surface area contributed by atoms with Crippen LogP contribution in [0.15, 0.2) is 18.2 Å². The summed E-state index contributed by atoms with van der Waals surface area (Å²) in [5.41, 5.74) is 0.953. The van der Waals surface area contributed by atoms with Crippen molar-refractivity contribution in [1.29, 1.82) is 0 Å². The highest BCUT2D eigenvalue weighted by Crippen LogP contribution is 2.39. The van der Waals surface area contributed by atoms with Crippen LogP contribution in [-0.2, 0) is 0 Å². The van der Waals surface area contributed by atoms with E-state index in [9.17, 15) is 8.78 Å². The second-order valence-electron chi connectivity index (χ2n) is 5.18. The summed E-state index contributed by atoms with van der Waals surface area (Å²) in [4.78, 5) is 0. The lowest BCUT2D eigenvalue weighted by Gasteiger charge is -2.20. The molecule has 0 saturated heterocycles. The number of halogens is 2. The fourth-order valence-corrected chi connectivity index (χ4v) is 2.93. The first kappa shape index (κ1) is 13.5. The Bertz CT molecular complexity index is 392. The van der Waals surface area contributed by atoms with E-state index >= 15 is 0 Å². The van der Waals surface area contributed by atoms with Crippen molar-refractivity contribution in [2.45, 2.75) is 38.5 Å². The molecule has 2 rings (SSSR count). The van der Waals surface area contributed by atoms with Gasteiger partial charge in [0.2, 0.25) is 0 Å². The normalized spacial score (nSPS) is 23.5. The molecule has 1 aliphatic rings. The van der Waals surface area contributed by atoms with Crippen molar-refractivity contribution in [3.8, 4) is 0 Å². The van der Waals surface area contributed by atoms with Gasteiger partial charge in [0, 0.05) is 0 Å². The Labute approximate surface area is 108 Å². The minimum absolute atomic E-state index is 0.379. The van der Waals surface area contributed by atoms with E-state index in [0.29, 0.717) is 11.8 Å². The fraction of sp³-hybridized carbons (Fsp3) is 0.600. The Morgan fingerprint density at radius 2 is 2.06 bits per heavy atom. The van der Waals surface area contributed by atoms with Crippen molar-refractivity contribution in [3.05, 3.63) is 35.4 Å². The minimum Gasteiger partial charge on any atom is -0.316 e. The highest BCUT2D eigenvalue weighted by Gasteiger charge is 2.28. The Hall–Kier alpha value is -0.960. The van der Waals surface area contributed by atoms with Crippen molar-refractivity contribution in [3.63, 3.8) is 0 Å². The average molecular weight is 253 g/mol. The lowest BCUT2D eigenvalue weighted by atomic mass is 9.88. The topological polar surface area (TPSA) is 12.0 Å². The van der Waals surface area contributed by atoms with Gasteiger partial charge in [-0.15, -0.1) is 0 Å². The molecule has 0 bridgehead atoms. The molecule has 1 nitrogen and oxygen atoms in total. The van der Waals surface area contributed by atoms with Gasteiger partial charge in [0.1, 0.15) is 0 Å². The van der Waals surface area contributed by atoms with Crippen molar-refractivity contribution in [2.24, 2.45) is 5.92 Å². The van der Waals surface area contributed by atoms with E-state index in [0.717, 1.165) is 31.5 Å². The van der Waals surface area contributed by atoms with Crippen LogP contribution in [-0.4, -0.2) is 13.1 Å². The van der Waals surface area contributed by atoms with Crippen molar-refractivity contribution in [2.75, 3.05) is 13.1 Å². The zero-order valence-corrected chi connectivity index (χ0v) is 10.9. The van der Waals surface area contributed by atoms with E-state index in [-0.39, 0.29) is 0 Å². The summed E-state index contributed by atoms with van der Waals surface area (Å²) in [6.07, 6.45) is 4.58. The fourth-order valence-electron chi connectivity index (χ4n) is 2.93. The van der Waals surface area contributed by atoms with Gasteiger partial charge in [-0.1, -0.05) is 19.4 Å². The molecule has 1 aromatic rings. The van der Waals surface area contributed by atoms with Gasteiger partial charge in [-0.3, -0.25) is 0 Å². The molecule has 0 heterocycles. The molecule has 2 unspecified atom stereocenters. The second-order valence-corrected chi connectivity index (χ2v) is 5.18. The largest absolute Gasteiger partial charge is 0.316 e. The molecule has 18 heavy (non-hydrogen) atoms. The predicted molar refractivity (Wildman–Crippen MR) is 69.6 cm³/mol. The van der Waals surface area contributed by atoms with E-state index in [2.05, 4.69) is 12.2 Å². The van der Waals surface area contributed by atoms with Crippen molar-refractivity contribution >= 4 is 0 Å². The Balaban J connectivity index is 2.03. The van der Waals surface area contributed by atoms with Gasteiger partial charge in [-0.25, -0.2) is 8.78 Å². The highest BCUT2D eigenvalue weighted by molar-refractivity contribution is 5.23. The van der Waals surface area contributed by atoms with Crippen LogP contribution in [0.2, 0.25) is 0 Å². The van der Waals surface area contributed by atoms with Crippen LogP contribution in [0.1, 0.15) is 44.1 Å². The molecule has 0 aliphatic heterocycles. The quantitative estimate of drug-likeness (QED) is 0.786. The zero-order chi connectivity index (χ0) is 13.0. The van der Waals surface area contributed by atoms with Gasteiger partial charge in [-0.05, 0) is 61.9 Å². The number of hydrogen-bond donors (Lipinski definition) is 1. The maximum atomic E-state index is 13.3. The molecule has 1 fully saturated rings. The molecule has 100 valence electrons. The summed E-state index contributed by atoms with van der Waals surface area (Å²) in [6, 6.07) is 4.36. The smallest absolute Gasteiger partial charge is 0.159 e. The van der Waals surface area contributed by atoms with E-state index in [1.807, 2.05) is 0 Å². The lowest BCUT2D eigenvalue weighted by molar-refractivity contribution is 0.440. The Morgan fingerprint density at radius 3 is 2.78 bits per heavy atom. The third kappa shape index (κ3) is 3.08. The average Bonchev–Trinajstić information content (AvgIpc) is 2.81. The minimum atomic E-state index is -0.752. The summed E-state index contributed by atoms with van der Waals surface area (Å²) >= 11 is 0. The Kier molecular flexibility index (Phi) is 4.70. The molecule has 0 aromatic heterocycles. The maximum Gasteiger partial charge on any atom is 0.159 e. The first-order valence-electron chi connectivity index (χ1n) is 6.88. The summed E-state index contributed by atoms with van der Waals surface area (Å²) < 4.78 is 26.2. The van der Waals surface area contributed by atoms with Gasteiger partial charge in [0.05, 0.1) is 0 Å². The highest BCUT2D eigenvalue weighted by atomic mass is 19.2. The number of benzene rings is 1. The molecule has 3 heteroatoms. The van der Waals surface area contributed by atoms with Crippen molar-refractivity contribution in [1.82, 2.24) is 5.32 Å². The van der Waals surface area contributed by atoms with Crippen LogP contribution in [0, 0.1) is 17.6 Å². The van der Waals surface area contributed by atoms with Gasteiger partial charge in [0.25, 0.3) is 0 Å². The molecule has 1 saturated carbocycles. The third-order valence-electron chi connectivity index (χ3n) is 3.86. The number of nitrogens with one attached hydrogen (secondary N) is 1. The van der Waals surface area contributed by atoms with Crippen LogP contribution >= 0.6 is 0 Å². The standard InChI is InChI=1S/C15H21F2N/c1-2-8-18-10-12-4-3-5-13(12)11-6-7-14(16)15(17)9-11/h6-7,9,12-13,18H,2-5,8,10H2,1H3. The Morgan fingerprint density at radius 1 is 1.22 bits per heavy atom. The van der Waals surface area contributed by atoms with Crippen LogP contribution in [0.3, 0.4) is 0 Å². The van der Waals surface area contributed by atoms with Gasteiger partial charge < -0.3 is 5.32 Å². The van der Waals surface area contributed by atoms with E-state index in [1.54, 1.807) is 6.07 Å². The summed E-state index contributed by atoms with van der Waals surface area (Å²) in [6.45, 7) is 4.16. The maximum absolute atomic E-state index is 13.3. The summed E-state index contributed by atoms with van der Waals surface area (Å²) in [7, 11) is 0. The van der Waals surface area contributed by atoms with Crippen LogP contribution in [0.5, 0.6) is 0 Å². The second kappa shape index (κ2) is 6.28. The SMILES string of the molecule is CCCNCC1CCCC1c1ccc(F)c(F)c1. The van der Waals surface area contributed by atoms with Crippen LogP contribution < -0.4 is 5.32 Å². The van der Waals surface area contributed by atoms with E-state index in [1.165, 1.54) is 25.0 Å².